The fraction of sp³-hybridized carbons (Fsp3) is 0.182. The summed E-state index contributed by atoms with van der Waals surface area (Å²) >= 11 is 2.51. The minimum absolute atomic E-state index is 0.0372. The number of hydrogen-bond acceptors (Lipinski definition) is 2. The molecule has 0 spiro atoms. The third kappa shape index (κ3) is 7.99. The number of aromatic nitrogens is 4. The second-order valence-electron chi connectivity index (χ2n) is 21.2. The third-order valence-electron chi connectivity index (χ3n) is 14.7. The normalized spacial score (nSPS) is 14.7. The smallest absolute Gasteiger partial charge is 0.0579 e. The van der Waals surface area contributed by atoms with E-state index in [0.29, 0.717) is 28.8 Å². The summed E-state index contributed by atoms with van der Waals surface area (Å²) in [6, 6.07) is 68.1. The second kappa shape index (κ2) is 17.8. The van der Waals surface area contributed by atoms with Gasteiger partial charge in [-0.1, -0.05) is 57.2 Å². The number of aryl methyl sites for hydroxylation is 1. The Morgan fingerprint density at radius 2 is 1.25 bits per heavy atom. The first-order valence-corrected chi connectivity index (χ1v) is 25.9. The molecule has 1 aliphatic carbocycles. The first-order valence-electron chi connectivity index (χ1n) is 26.3. The van der Waals surface area contributed by atoms with Crippen molar-refractivity contribution in [3.05, 3.63) is 220 Å². The molecule has 8 aromatic carbocycles. The van der Waals surface area contributed by atoms with Crippen molar-refractivity contribution in [3.8, 4) is 62.1 Å². The van der Waals surface area contributed by atoms with E-state index in [2.05, 4.69) is 197 Å². The van der Waals surface area contributed by atoms with Crippen LogP contribution in [0.15, 0.2) is 182 Å². The van der Waals surface area contributed by atoms with Crippen LogP contribution in [0.3, 0.4) is 0 Å². The summed E-state index contributed by atoms with van der Waals surface area (Å²) in [5, 5.41) is 1.94. The van der Waals surface area contributed by atoms with Crippen molar-refractivity contribution in [1.29, 1.82) is 0 Å². The Morgan fingerprint density at radius 3 is 1.96 bits per heavy atom. The number of ether oxygens (including phenoxy) is 1. The van der Waals surface area contributed by atoms with Crippen LogP contribution in [0.25, 0.3) is 83.4 Å². The van der Waals surface area contributed by atoms with Gasteiger partial charge < -0.3 is 0 Å². The van der Waals surface area contributed by atoms with Gasteiger partial charge in [0, 0.05) is 15.9 Å². The van der Waals surface area contributed by atoms with Gasteiger partial charge in [-0.3, -0.25) is 0 Å². The first kappa shape index (κ1) is 42.4. The molecule has 0 N–H and O–H groups in total. The van der Waals surface area contributed by atoms with Crippen LogP contribution in [0.5, 0.6) is 11.5 Å². The van der Waals surface area contributed by atoms with Gasteiger partial charge in [0.2, 0.25) is 0 Å². The van der Waals surface area contributed by atoms with E-state index < -0.39 is 6.85 Å². The van der Waals surface area contributed by atoms with E-state index in [-0.39, 0.29) is 16.4 Å². The minimum Gasteiger partial charge on any atom is -0.0579 e. The molecule has 0 saturated carbocycles. The number of rotatable bonds is 8. The number of fused-ring (bicyclic) bond motifs is 5. The van der Waals surface area contributed by atoms with E-state index in [4.69, 9.17) is 13.8 Å². The topological polar surface area (TPSA) is 36.9 Å². The molecule has 12 rings (SSSR count). The molecule has 11 aromatic rings. The van der Waals surface area contributed by atoms with E-state index in [1.54, 1.807) is 12.3 Å². The summed E-state index contributed by atoms with van der Waals surface area (Å²) in [7, 11) is 0. The minimum atomic E-state index is -2.40. The standard InChI is InChI=1S/C66H56N4O.Pt/c1-43-35-62(67-41-57(43)45-29-31-48(32-30-45)65(2,3)4)70-58-26-15-14-25-53(58)54-34-33-52(40-61(54)70)71-51-24-18-23-50(39-51)68-42-69(60-28-17-16-27-59(60)68)64-56(44-19-10-8-11-20-44)37-47-36-49(66(5,6)7)38-55(47)63(64)46-21-12-9-13-22-46;/h8-35,37,41,49H,36,38H2,1-7H3;/q-2;/i1D3;. The summed E-state index contributed by atoms with van der Waals surface area (Å²) in [6.45, 7) is 11.2. The summed E-state index contributed by atoms with van der Waals surface area (Å²) in [4.78, 5) is 4.97. The van der Waals surface area contributed by atoms with Gasteiger partial charge in [0.25, 0.3) is 0 Å². The van der Waals surface area contributed by atoms with Gasteiger partial charge in [0.15, 0.2) is 0 Å². The Labute approximate surface area is 437 Å². The zero-order chi connectivity index (χ0) is 52.0. The van der Waals surface area contributed by atoms with E-state index >= 15 is 0 Å². The maximum absolute atomic E-state index is 8.70. The monoisotopic (exact) mass is 1120 g/mol. The van der Waals surface area contributed by atoms with Gasteiger partial charge in [0.05, 0.1) is 0 Å². The SMILES string of the molecule is [2H]C([2H])([2H])c1cc(-n2c3[c-]c(Oc4[c-]c(-n5[c](=[Pt])n(-c6c(-c7ccccc7)cc7c(c6-c6ccccc6)CC(C(C)(C)C)C7)c6ccccc65)ccc4)ccc3c3ccccc32)ncc1-c1ccc(C(C)(C)C)cc1. The van der Waals surface area contributed by atoms with Gasteiger partial charge in [0.1, 0.15) is 0 Å². The molecule has 0 fully saturated rings. The molecule has 0 amide bonds. The van der Waals surface area contributed by atoms with Gasteiger partial charge in [-0.15, -0.1) is 0 Å². The molecule has 0 aliphatic heterocycles. The van der Waals surface area contributed by atoms with Crippen LogP contribution in [-0.2, 0) is 37.6 Å². The van der Waals surface area contributed by atoms with E-state index in [1.165, 1.54) is 38.9 Å². The molecule has 6 heteroatoms. The zero-order valence-corrected chi connectivity index (χ0v) is 43.6. The number of imidazole rings is 1. The fourth-order valence-electron chi connectivity index (χ4n) is 10.8. The Balaban J connectivity index is 0.979. The molecule has 0 saturated heterocycles. The summed E-state index contributed by atoms with van der Waals surface area (Å²) in [5.74, 6) is 2.00. The molecule has 1 aliphatic rings. The Kier molecular flexibility index (Phi) is 10.4. The average molecular weight is 1120 g/mol. The van der Waals surface area contributed by atoms with Crippen LogP contribution in [0.1, 0.15) is 67.9 Å². The van der Waals surface area contributed by atoms with Crippen molar-refractivity contribution in [2.45, 2.75) is 66.7 Å². The fourth-order valence-corrected chi connectivity index (χ4v) is 11.9. The quantitative estimate of drug-likeness (QED) is 0.142. The zero-order valence-electron chi connectivity index (χ0n) is 44.3. The summed E-state index contributed by atoms with van der Waals surface area (Å²) in [6.07, 6.45) is 3.74. The molecule has 72 heavy (non-hydrogen) atoms. The van der Waals surface area contributed by atoms with Crippen molar-refractivity contribution >= 4 is 32.8 Å². The van der Waals surface area contributed by atoms with Crippen LogP contribution in [0.4, 0.5) is 0 Å². The molecule has 5 nitrogen and oxygen atoms in total. The Bertz CT molecular complexity index is 4060. The number of pyridine rings is 1. The maximum atomic E-state index is 8.70. The third-order valence-corrected chi connectivity index (χ3v) is 15.7. The molecule has 0 bridgehead atoms. The Hall–Kier alpha value is -7.33. The molecular weight excluding hydrogens is 1060 g/mol. The Morgan fingerprint density at radius 1 is 0.597 bits per heavy atom. The van der Waals surface area contributed by atoms with Crippen LogP contribution >= 0.6 is 0 Å². The van der Waals surface area contributed by atoms with Gasteiger partial charge in [-0.25, -0.2) is 0 Å². The van der Waals surface area contributed by atoms with Crippen molar-refractivity contribution in [2.75, 3.05) is 0 Å². The van der Waals surface area contributed by atoms with Gasteiger partial charge in [-0.2, -0.15) is 0 Å². The van der Waals surface area contributed by atoms with Crippen LogP contribution < -0.4 is 4.74 Å². The first-order chi connectivity index (χ1) is 36.0. The van der Waals surface area contributed by atoms with Crippen molar-refractivity contribution in [3.63, 3.8) is 0 Å². The summed E-state index contributed by atoms with van der Waals surface area (Å²) < 4.78 is 40.6. The molecule has 358 valence electrons. The van der Waals surface area contributed by atoms with Crippen LogP contribution in [-0.4, -0.2) is 18.7 Å². The molecule has 1 unspecified atom stereocenters. The predicted octanol–water partition coefficient (Wildman–Crippen LogP) is 16.8. The van der Waals surface area contributed by atoms with Crippen molar-refractivity contribution in [2.24, 2.45) is 11.3 Å². The van der Waals surface area contributed by atoms with Gasteiger partial charge in [-0.05, 0) is 29.0 Å². The molecule has 3 aromatic heterocycles. The van der Waals surface area contributed by atoms with Crippen molar-refractivity contribution < 1.29 is 28.2 Å². The molecule has 1 atom stereocenters. The molecule has 0 radical (unpaired) electrons. The van der Waals surface area contributed by atoms with Gasteiger partial charge >= 0.3 is 338 Å². The average Bonchev–Trinajstić information content (AvgIpc) is 4.10. The molecule has 3 heterocycles. The number of benzene rings is 8. The summed E-state index contributed by atoms with van der Waals surface area (Å²) in [5.41, 5.74) is 16.3. The molecular formula is C66H56N4OPt-2. The predicted molar refractivity (Wildman–Crippen MR) is 292 cm³/mol. The van der Waals surface area contributed by atoms with E-state index in [0.717, 1.165) is 66.4 Å². The van der Waals surface area contributed by atoms with Crippen molar-refractivity contribution in [1.82, 2.24) is 18.7 Å². The number of para-hydroxylation sites is 3. The van der Waals surface area contributed by atoms with E-state index in [1.807, 2.05) is 59.2 Å². The van der Waals surface area contributed by atoms with E-state index in [9.17, 15) is 0 Å². The number of hydrogen-bond donors (Lipinski definition) is 0. The van der Waals surface area contributed by atoms with Crippen LogP contribution in [0, 0.1) is 34.1 Å². The second-order valence-corrected chi connectivity index (χ2v) is 22.3. The van der Waals surface area contributed by atoms with Crippen LogP contribution in [0.2, 0.25) is 0 Å². The number of nitrogens with zero attached hydrogens (tertiary/aromatic N) is 4.